The van der Waals surface area contributed by atoms with Crippen LogP contribution in [0.25, 0.3) is 0 Å². The molecule has 9 heteroatoms. The van der Waals surface area contributed by atoms with Crippen LogP contribution in [0.5, 0.6) is 0 Å². The molecular weight excluding hydrogens is 352 g/mol. The van der Waals surface area contributed by atoms with Gasteiger partial charge in [-0.3, -0.25) is 4.79 Å². The van der Waals surface area contributed by atoms with Gasteiger partial charge in [0.25, 0.3) is 5.91 Å². The Bertz CT molecular complexity index is 981. The number of nitrogen functional groups attached to an aromatic ring is 1. The minimum Gasteiger partial charge on any atom is -0.383 e. The van der Waals surface area contributed by atoms with Crippen LogP contribution in [-0.4, -0.2) is 21.0 Å². The second-order valence-electron chi connectivity index (χ2n) is 5.23. The minimum atomic E-state index is -0.429. The first-order valence-electron chi connectivity index (χ1n) is 7.56. The van der Waals surface area contributed by atoms with Crippen LogP contribution in [0.15, 0.2) is 45.9 Å². The van der Waals surface area contributed by atoms with Crippen LogP contribution in [0.4, 0.5) is 11.5 Å². The SMILES string of the molecule is Cc1noc(CSc2nc(N)c(C(=O)Nc3ccccc3)cc2C#N)n1. The molecule has 26 heavy (non-hydrogen) atoms. The number of nitrogens with one attached hydrogen (secondary N) is 1. The highest BCUT2D eigenvalue weighted by atomic mass is 32.2. The third-order valence-corrected chi connectivity index (χ3v) is 4.29. The third-order valence-electron chi connectivity index (χ3n) is 3.32. The lowest BCUT2D eigenvalue weighted by molar-refractivity contribution is 0.102. The van der Waals surface area contributed by atoms with Crippen molar-refractivity contribution in [3.05, 3.63) is 59.2 Å². The van der Waals surface area contributed by atoms with E-state index >= 15 is 0 Å². The van der Waals surface area contributed by atoms with E-state index in [1.807, 2.05) is 12.1 Å². The molecule has 0 saturated heterocycles. The van der Waals surface area contributed by atoms with Crippen molar-refractivity contribution < 1.29 is 9.32 Å². The molecule has 0 aliphatic rings. The summed E-state index contributed by atoms with van der Waals surface area (Å²) >= 11 is 1.24. The summed E-state index contributed by atoms with van der Waals surface area (Å²) in [4.78, 5) is 20.7. The zero-order valence-electron chi connectivity index (χ0n) is 13.8. The fraction of sp³-hybridized carbons (Fsp3) is 0.118. The molecule has 0 aliphatic heterocycles. The highest BCUT2D eigenvalue weighted by molar-refractivity contribution is 7.98. The lowest BCUT2D eigenvalue weighted by Gasteiger charge is -2.09. The maximum atomic E-state index is 12.4. The van der Waals surface area contributed by atoms with Gasteiger partial charge in [0.05, 0.1) is 16.9 Å². The summed E-state index contributed by atoms with van der Waals surface area (Å²) in [7, 11) is 0. The average Bonchev–Trinajstić information content (AvgIpc) is 3.06. The number of hydrogen-bond donors (Lipinski definition) is 2. The molecule has 3 N–H and O–H groups in total. The molecule has 2 heterocycles. The molecule has 0 bridgehead atoms. The Balaban J connectivity index is 1.80. The van der Waals surface area contributed by atoms with E-state index in [0.717, 1.165) is 0 Å². The highest BCUT2D eigenvalue weighted by Crippen LogP contribution is 2.27. The lowest BCUT2D eigenvalue weighted by atomic mass is 10.2. The minimum absolute atomic E-state index is 0.0432. The summed E-state index contributed by atoms with van der Waals surface area (Å²) in [6.45, 7) is 1.72. The van der Waals surface area contributed by atoms with Gasteiger partial charge < -0.3 is 15.6 Å². The van der Waals surface area contributed by atoms with Crippen molar-refractivity contribution in [2.75, 3.05) is 11.1 Å². The Morgan fingerprint density at radius 2 is 2.12 bits per heavy atom. The van der Waals surface area contributed by atoms with Gasteiger partial charge in [-0.1, -0.05) is 35.1 Å². The maximum absolute atomic E-state index is 12.4. The van der Waals surface area contributed by atoms with Crippen LogP contribution in [-0.2, 0) is 5.75 Å². The lowest BCUT2D eigenvalue weighted by Crippen LogP contribution is -2.15. The Morgan fingerprint density at radius 3 is 2.77 bits per heavy atom. The molecule has 1 amide bonds. The summed E-state index contributed by atoms with van der Waals surface area (Å²) in [5, 5.41) is 16.2. The quantitative estimate of drug-likeness (QED) is 0.659. The second kappa shape index (κ2) is 7.67. The first-order chi connectivity index (χ1) is 12.6. The number of anilines is 2. The van der Waals surface area contributed by atoms with Gasteiger partial charge in [0.15, 0.2) is 5.82 Å². The number of amides is 1. The van der Waals surface area contributed by atoms with Gasteiger partial charge in [0.1, 0.15) is 16.9 Å². The Hall–Kier alpha value is -3.38. The number of benzene rings is 1. The fourth-order valence-corrected chi connectivity index (χ4v) is 2.93. The van der Waals surface area contributed by atoms with E-state index in [2.05, 4.69) is 20.4 Å². The van der Waals surface area contributed by atoms with Crippen LogP contribution in [0.2, 0.25) is 0 Å². The smallest absolute Gasteiger partial charge is 0.259 e. The zero-order chi connectivity index (χ0) is 18.5. The largest absolute Gasteiger partial charge is 0.383 e. The molecule has 2 aromatic heterocycles. The molecule has 130 valence electrons. The zero-order valence-corrected chi connectivity index (χ0v) is 14.6. The van der Waals surface area contributed by atoms with Gasteiger partial charge in [-0.05, 0) is 25.1 Å². The molecule has 0 radical (unpaired) electrons. The monoisotopic (exact) mass is 366 g/mol. The van der Waals surface area contributed by atoms with Crippen molar-refractivity contribution in [3.8, 4) is 6.07 Å². The Kier molecular flexibility index (Phi) is 5.15. The Labute approximate surface area is 153 Å². The van der Waals surface area contributed by atoms with Gasteiger partial charge in [-0.2, -0.15) is 10.2 Å². The van der Waals surface area contributed by atoms with Crippen LogP contribution in [0.1, 0.15) is 27.6 Å². The van der Waals surface area contributed by atoms with Crippen LogP contribution in [0.3, 0.4) is 0 Å². The van der Waals surface area contributed by atoms with Crippen molar-refractivity contribution in [2.45, 2.75) is 17.7 Å². The first-order valence-corrected chi connectivity index (χ1v) is 8.54. The summed E-state index contributed by atoms with van der Waals surface area (Å²) < 4.78 is 5.03. The fourth-order valence-electron chi connectivity index (χ4n) is 2.13. The first kappa shape index (κ1) is 17.4. The standard InChI is InChI=1S/C17H14N6O2S/c1-10-20-14(25-23-10)9-26-17-11(8-18)7-13(15(19)22-17)16(24)21-12-5-3-2-4-6-12/h2-7H,9H2,1H3,(H2,19,22)(H,21,24). The molecule has 0 saturated carbocycles. The number of carbonyl (C=O) groups excluding carboxylic acids is 1. The number of nitriles is 1. The molecule has 0 unspecified atom stereocenters. The molecule has 0 atom stereocenters. The van der Waals surface area contributed by atoms with E-state index in [1.165, 1.54) is 17.8 Å². The molecule has 0 spiro atoms. The van der Waals surface area contributed by atoms with Crippen molar-refractivity contribution in [1.29, 1.82) is 5.26 Å². The number of hydrogen-bond acceptors (Lipinski definition) is 8. The van der Waals surface area contributed by atoms with Crippen LogP contribution in [0, 0.1) is 18.3 Å². The average molecular weight is 366 g/mol. The number of carbonyl (C=O) groups is 1. The predicted octanol–water partition coefficient (Wildman–Crippen LogP) is 2.77. The topological polar surface area (TPSA) is 131 Å². The number of aryl methyl sites for hydroxylation is 1. The summed E-state index contributed by atoms with van der Waals surface area (Å²) in [6, 6.07) is 12.4. The van der Waals surface area contributed by atoms with Crippen molar-refractivity contribution in [1.82, 2.24) is 15.1 Å². The van der Waals surface area contributed by atoms with Gasteiger partial charge in [0, 0.05) is 5.69 Å². The predicted molar refractivity (Wildman–Crippen MR) is 96.4 cm³/mol. The van der Waals surface area contributed by atoms with E-state index < -0.39 is 5.91 Å². The number of para-hydroxylation sites is 1. The van der Waals surface area contributed by atoms with Crippen molar-refractivity contribution >= 4 is 29.2 Å². The Morgan fingerprint density at radius 1 is 1.35 bits per heavy atom. The van der Waals surface area contributed by atoms with E-state index in [9.17, 15) is 10.1 Å². The van der Waals surface area contributed by atoms with Crippen molar-refractivity contribution in [2.24, 2.45) is 0 Å². The highest BCUT2D eigenvalue weighted by Gasteiger charge is 2.17. The second-order valence-corrected chi connectivity index (χ2v) is 6.19. The number of nitrogens with zero attached hydrogens (tertiary/aromatic N) is 4. The molecule has 0 fully saturated rings. The third kappa shape index (κ3) is 3.99. The van der Waals surface area contributed by atoms with Crippen LogP contribution < -0.4 is 11.1 Å². The number of nitrogens with two attached hydrogens (primary N) is 1. The van der Waals surface area contributed by atoms with Gasteiger partial charge in [-0.15, -0.1) is 0 Å². The molecule has 0 aliphatic carbocycles. The van der Waals surface area contributed by atoms with E-state index in [1.54, 1.807) is 31.2 Å². The van der Waals surface area contributed by atoms with Crippen LogP contribution >= 0.6 is 11.8 Å². The van der Waals surface area contributed by atoms with Crippen molar-refractivity contribution in [3.63, 3.8) is 0 Å². The summed E-state index contributed by atoms with van der Waals surface area (Å²) in [5.74, 6) is 0.907. The number of pyridine rings is 1. The number of aromatic nitrogens is 3. The molecular formula is C17H14N6O2S. The van der Waals surface area contributed by atoms with E-state index in [-0.39, 0.29) is 16.9 Å². The number of rotatable bonds is 5. The van der Waals surface area contributed by atoms with Gasteiger partial charge >= 0.3 is 0 Å². The number of thioether (sulfide) groups is 1. The van der Waals surface area contributed by atoms with Gasteiger partial charge in [-0.25, -0.2) is 4.98 Å². The molecule has 8 nitrogen and oxygen atoms in total. The maximum Gasteiger partial charge on any atom is 0.259 e. The summed E-state index contributed by atoms with van der Waals surface area (Å²) in [5.41, 5.74) is 6.94. The molecule has 3 aromatic rings. The molecule has 3 rings (SSSR count). The normalized spacial score (nSPS) is 10.3. The van der Waals surface area contributed by atoms with E-state index in [0.29, 0.717) is 28.2 Å². The van der Waals surface area contributed by atoms with E-state index in [4.69, 9.17) is 10.3 Å². The summed E-state index contributed by atoms with van der Waals surface area (Å²) in [6.07, 6.45) is 0. The van der Waals surface area contributed by atoms with Gasteiger partial charge in [0.2, 0.25) is 5.89 Å². The molecule has 1 aromatic carbocycles.